The average Bonchev–Trinajstić information content (AvgIpc) is 2.72. The van der Waals surface area contributed by atoms with Crippen LogP contribution in [0.4, 0.5) is 4.39 Å². The Bertz CT molecular complexity index is 520. The van der Waals surface area contributed by atoms with Crippen molar-refractivity contribution in [2.24, 2.45) is 0 Å². The highest BCUT2D eigenvalue weighted by Crippen LogP contribution is 2.22. The molecular formula is C11H11FN4. The second-order valence-electron chi connectivity index (χ2n) is 3.91. The zero-order valence-electron chi connectivity index (χ0n) is 8.73. The molecule has 0 bridgehead atoms. The second kappa shape index (κ2) is 3.66. The summed E-state index contributed by atoms with van der Waals surface area (Å²) in [5, 5.41) is 0. The third-order valence-electron chi connectivity index (χ3n) is 2.90. The van der Waals surface area contributed by atoms with Gasteiger partial charge in [-0.1, -0.05) is 0 Å². The first-order chi connectivity index (χ1) is 7.84. The van der Waals surface area contributed by atoms with Gasteiger partial charge in [0.2, 0.25) is 5.95 Å². The number of fused-ring (bicyclic) bond motifs is 1. The van der Waals surface area contributed by atoms with Gasteiger partial charge in [-0.25, -0.2) is 15.0 Å². The van der Waals surface area contributed by atoms with Gasteiger partial charge in [-0.2, -0.15) is 4.39 Å². The van der Waals surface area contributed by atoms with Crippen molar-refractivity contribution in [3.8, 4) is 5.82 Å². The zero-order chi connectivity index (χ0) is 11.0. The molecule has 4 nitrogen and oxygen atoms in total. The van der Waals surface area contributed by atoms with Crippen LogP contribution in [0.3, 0.4) is 0 Å². The maximum atomic E-state index is 13.0. The van der Waals surface area contributed by atoms with E-state index in [0.717, 1.165) is 30.7 Å². The van der Waals surface area contributed by atoms with Crippen LogP contribution in [-0.2, 0) is 12.8 Å². The van der Waals surface area contributed by atoms with E-state index in [1.165, 1.54) is 18.8 Å². The lowest BCUT2D eigenvalue weighted by molar-refractivity contribution is 0.576. The molecule has 0 aliphatic heterocycles. The van der Waals surface area contributed by atoms with Gasteiger partial charge in [0.25, 0.3) is 0 Å². The molecule has 0 spiro atoms. The maximum absolute atomic E-state index is 13.0. The smallest absolute Gasteiger partial charge is 0.218 e. The number of aromatic nitrogens is 4. The van der Waals surface area contributed by atoms with E-state index in [-0.39, 0.29) is 0 Å². The summed E-state index contributed by atoms with van der Waals surface area (Å²) in [6.07, 6.45) is 7.29. The molecule has 0 radical (unpaired) electrons. The Morgan fingerprint density at radius 2 is 2.00 bits per heavy atom. The Hall–Kier alpha value is -1.78. The number of rotatable bonds is 1. The molecule has 5 heteroatoms. The summed E-state index contributed by atoms with van der Waals surface area (Å²) in [5.74, 6) is 0.0476. The predicted octanol–water partition coefficient (Wildman–Crippen LogP) is 1.68. The summed E-state index contributed by atoms with van der Waals surface area (Å²) in [6, 6.07) is 1.33. The van der Waals surface area contributed by atoms with Crippen molar-refractivity contribution in [1.29, 1.82) is 0 Å². The molecule has 2 aromatic rings. The van der Waals surface area contributed by atoms with Crippen molar-refractivity contribution in [2.75, 3.05) is 0 Å². The van der Waals surface area contributed by atoms with Crippen molar-refractivity contribution in [1.82, 2.24) is 19.5 Å². The zero-order valence-corrected chi connectivity index (χ0v) is 8.73. The Morgan fingerprint density at radius 1 is 1.12 bits per heavy atom. The second-order valence-corrected chi connectivity index (χ2v) is 3.91. The van der Waals surface area contributed by atoms with Gasteiger partial charge in [-0.15, -0.1) is 0 Å². The summed E-state index contributed by atoms with van der Waals surface area (Å²) < 4.78 is 14.9. The third-order valence-corrected chi connectivity index (χ3v) is 2.90. The molecule has 0 aromatic carbocycles. The minimum atomic E-state index is -0.511. The normalized spacial score (nSPS) is 14.8. The summed E-state index contributed by atoms with van der Waals surface area (Å²) in [6.45, 7) is 0. The molecule has 0 unspecified atom stereocenters. The van der Waals surface area contributed by atoms with Crippen molar-refractivity contribution >= 4 is 0 Å². The highest BCUT2D eigenvalue weighted by Gasteiger charge is 2.16. The summed E-state index contributed by atoms with van der Waals surface area (Å²) in [5.41, 5.74) is 2.27. The number of aryl methyl sites for hydroxylation is 1. The van der Waals surface area contributed by atoms with Crippen LogP contribution < -0.4 is 0 Å². The van der Waals surface area contributed by atoms with Crippen LogP contribution in [0.15, 0.2) is 18.7 Å². The number of imidazole rings is 1. The highest BCUT2D eigenvalue weighted by molar-refractivity contribution is 5.28. The van der Waals surface area contributed by atoms with E-state index in [1.54, 1.807) is 6.33 Å². The lowest BCUT2D eigenvalue weighted by Gasteiger charge is -2.13. The van der Waals surface area contributed by atoms with Crippen LogP contribution in [0.25, 0.3) is 5.82 Å². The minimum Gasteiger partial charge on any atom is -0.287 e. The standard InChI is InChI=1S/C11H11FN4/c12-10-5-11(14-6-13-10)16-7-15-8-3-1-2-4-9(8)16/h5-7H,1-4H2. The molecule has 3 rings (SSSR count). The lowest BCUT2D eigenvalue weighted by Crippen LogP contribution is -2.08. The monoisotopic (exact) mass is 218 g/mol. The van der Waals surface area contributed by atoms with Crippen LogP contribution in [0.5, 0.6) is 0 Å². The Kier molecular flexibility index (Phi) is 2.16. The van der Waals surface area contributed by atoms with Gasteiger partial charge in [0, 0.05) is 11.8 Å². The summed E-state index contributed by atoms with van der Waals surface area (Å²) in [7, 11) is 0. The molecule has 0 saturated carbocycles. The Labute approximate surface area is 92.2 Å². The van der Waals surface area contributed by atoms with Crippen molar-refractivity contribution < 1.29 is 4.39 Å². The van der Waals surface area contributed by atoms with E-state index in [1.807, 2.05) is 4.57 Å². The van der Waals surface area contributed by atoms with Crippen molar-refractivity contribution in [3.05, 3.63) is 36.1 Å². The number of hydrogen-bond acceptors (Lipinski definition) is 3. The molecule has 16 heavy (non-hydrogen) atoms. The number of nitrogens with zero attached hydrogens (tertiary/aromatic N) is 4. The van der Waals surface area contributed by atoms with Crippen LogP contribution >= 0.6 is 0 Å². The molecule has 0 N–H and O–H groups in total. The Balaban J connectivity index is 2.09. The van der Waals surface area contributed by atoms with Crippen LogP contribution in [0, 0.1) is 5.95 Å². The fourth-order valence-electron chi connectivity index (χ4n) is 2.12. The maximum Gasteiger partial charge on any atom is 0.218 e. The van der Waals surface area contributed by atoms with Gasteiger partial charge in [0.05, 0.1) is 5.69 Å². The molecule has 0 saturated heterocycles. The molecule has 0 atom stereocenters. The summed E-state index contributed by atoms with van der Waals surface area (Å²) in [4.78, 5) is 11.9. The summed E-state index contributed by atoms with van der Waals surface area (Å²) >= 11 is 0. The van der Waals surface area contributed by atoms with Gasteiger partial charge in [-0.05, 0) is 25.7 Å². The first kappa shape index (κ1) is 9.45. The number of halogens is 1. The van der Waals surface area contributed by atoms with Crippen molar-refractivity contribution in [3.63, 3.8) is 0 Å². The topological polar surface area (TPSA) is 43.6 Å². The largest absolute Gasteiger partial charge is 0.287 e. The van der Waals surface area contributed by atoms with E-state index in [4.69, 9.17) is 0 Å². The molecule has 82 valence electrons. The lowest BCUT2D eigenvalue weighted by atomic mass is 10.0. The fraction of sp³-hybridized carbons (Fsp3) is 0.364. The van der Waals surface area contributed by atoms with E-state index in [9.17, 15) is 4.39 Å². The molecule has 1 aliphatic rings. The third kappa shape index (κ3) is 1.48. The first-order valence-corrected chi connectivity index (χ1v) is 5.37. The quantitative estimate of drug-likeness (QED) is 0.684. The molecule has 0 fully saturated rings. The van der Waals surface area contributed by atoms with Gasteiger partial charge in [0.1, 0.15) is 18.5 Å². The van der Waals surface area contributed by atoms with Gasteiger partial charge in [-0.3, -0.25) is 4.57 Å². The number of hydrogen-bond donors (Lipinski definition) is 0. The SMILES string of the molecule is Fc1cc(-n2cnc3c2CCCC3)ncn1. The van der Waals surface area contributed by atoms with Crippen LogP contribution in [-0.4, -0.2) is 19.5 Å². The van der Waals surface area contributed by atoms with Gasteiger partial charge >= 0.3 is 0 Å². The molecule has 1 aliphatic carbocycles. The molecule has 2 heterocycles. The van der Waals surface area contributed by atoms with Gasteiger partial charge < -0.3 is 0 Å². The van der Waals surface area contributed by atoms with E-state index in [0.29, 0.717) is 5.82 Å². The molecular weight excluding hydrogens is 207 g/mol. The van der Waals surface area contributed by atoms with Gasteiger partial charge in [0.15, 0.2) is 0 Å². The fourth-order valence-corrected chi connectivity index (χ4v) is 2.12. The first-order valence-electron chi connectivity index (χ1n) is 5.37. The van der Waals surface area contributed by atoms with Crippen LogP contribution in [0.2, 0.25) is 0 Å². The van der Waals surface area contributed by atoms with Crippen molar-refractivity contribution in [2.45, 2.75) is 25.7 Å². The average molecular weight is 218 g/mol. The predicted molar refractivity (Wildman–Crippen MR) is 55.8 cm³/mol. The highest BCUT2D eigenvalue weighted by atomic mass is 19.1. The Morgan fingerprint density at radius 3 is 2.88 bits per heavy atom. The molecule has 2 aromatic heterocycles. The molecule has 0 amide bonds. The van der Waals surface area contributed by atoms with E-state index >= 15 is 0 Å². The van der Waals surface area contributed by atoms with E-state index < -0.39 is 5.95 Å². The van der Waals surface area contributed by atoms with Crippen LogP contribution in [0.1, 0.15) is 24.2 Å². The minimum absolute atomic E-state index is 0.511. The van der Waals surface area contributed by atoms with E-state index in [2.05, 4.69) is 15.0 Å².